The zero-order valence-corrected chi connectivity index (χ0v) is 18.4. The Morgan fingerprint density at radius 3 is 2.41 bits per heavy atom. The monoisotopic (exact) mass is 408 g/mol. The maximum Gasteiger partial charge on any atom is 0.263 e. The summed E-state index contributed by atoms with van der Waals surface area (Å²) in [4.78, 5) is 34.4. The van der Waals surface area contributed by atoms with Crippen molar-refractivity contribution in [3.63, 3.8) is 0 Å². The molecule has 2 heterocycles. The average molecular weight is 409 g/mol. The van der Waals surface area contributed by atoms with Crippen LogP contribution in [-0.2, 0) is 10.2 Å². The van der Waals surface area contributed by atoms with Crippen molar-refractivity contribution in [3.05, 3.63) is 27.2 Å². The van der Waals surface area contributed by atoms with Crippen molar-refractivity contribution in [1.82, 2.24) is 15.3 Å². The van der Waals surface area contributed by atoms with Crippen LogP contribution in [0.5, 0.6) is 0 Å². The van der Waals surface area contributed by atoms with Gasteiger partial charge >= 0.3 is 0 Å². The number of carbonyl (C=O) groups is 2. The van der Waals surface area contributed by atoms with E-state index < -0.39 is 0 Å². The van der Waals surface area contributed by atoms with Gasteiger partial charge in [-0.2, -0.15) is 0 Å². The Labute approximate surface area is 168 Å². The minimum Gasteiger partial charge on any atom is -0.351 e. The molecule has 0 bridgehead atoms. The van der Waals surface area contributed by atoms with Crippen molar-refractivity contribution in [1.29, 1.82) is 0 Å². The van der Waals surface area contributed by atoms with Gasteiger partial charge in [-0.25, -0.2) is 9.97 Å². The van der Waals surface area contributed by atoms with Gasteiger partial charge in [0.1, 0.15) is 4.88 Å². The third kappa shape index (κ3) is 5.84. The van der Waals surface area contributed by atoms with E-state index in [0.29, 0.717) is 22.5 Å². The lowest BCUT2D eigenvalue weighted by Crippen LogP contribution is -2.29. The molecule has 0 aliphatic heterocycles. The van der Waals surface area contributed by atoms with Gasteiger partial charge in [0, 0.05) is 34.9 Å². The highest BCUT2D eigenvalue weighted by Crippen LogP contribution is 2.33. The first-order valence-corrected chi connectivity index (χ1v) is 10.7. The van der Waals surface area contributed by atoms with E-state index in [-0.39, 0.29) is 23.1 Å². The van der Waals surface area contributed by atoms with E-state index in [1.807, 2.05) is 13.8 Å². The second-order valence-electron chi connectivity index (χ2n) is 7.78. The molecular formula is C19H28N4O2S2. The Hall–Kier alpha value is -1.80. The number of nitrogens with one attached hydrogen (secondary N) is 2. The van der Waals surface area contributed by atoms with Crippen molar-refractivity contribution in [2.24, 2.45) is 5.92 Å². The summed E-state index contributed by atoms with van der Waals surface area (Å²) in [7, 11) is 0. The Morgan fingerprint density at radius 2 is 1.81 bits per heavy atom. The molecule has 0 saturated heterocycles. The molecule has 2 amide bonds. The first kappa shape index (κ1) is 21.5. The number of aromatic nitrogens is 2. The summed E-state index contributed by atoms with van der Waals surface area (Å²) in [5, 5.41) is 7.40. The van der Waals surface area contributed by atoms with Gasteiger partial charge in [0.25, 0.3) is 5.91 Å². The van der Waals surface area contributed by atoms with E-state index in [1.165, 1.54) is 22.7 Å². The van der Waals surface area contributed by atoms with Crippen LogP contribution in [-0.4, -0.2) is 28.3 Å². The molecule has 2 rings (SSSR count). The number of rotatable bonds is 8. The summed E-state index contributed by atoms with van der Waals surface area (Å²) in [6.45, 7) is 12.6. The lowest BCUT2D eigenvalue weighted by atomic mass is 9.88. The molecule has 2 aromatic rings. The van der Waals surface area contributed by atoms with Crippen LogP contribution in [0.2, 0.25) is 0 Å². The maximum atomic E-state index is 12.3. The molecule has 6 nitrogen and oxygen atoms in total. The van der Waals surface area contributed by atoms with E-state index in [4.69, 9.17) is 0 Å². The Bertz CT molecular complexity index is 793. The molecule has 0 saturated carbocycles. The molecule has 0 radical (unpaired) electrons. The molecule has 27 heavy (non-hydrogen) atoms. The third-order valence-electron chi connectivity index (χ3n) is 4.20. The van der Waals surface area contributed by atoms with E-state index in [1.54, 1.807) is 12.4 Å². The number of anilines is 1. The minimum atomic E-state index is -0.150. The summed E-state index contributed by atoms with van der Waals surface area (Å²) in [5.74, 6) is 0.131. The van der Waals surface area contributed by atoms with Crippen LogP contribution in [0.25, 0.3) is 0 Å². The molecule has 0 aliphatic rings. The fourth-order valence-electron chi connectivity index (χ4n) is 2.25. The highest BCUT2D eigenvalue weighted by Gasteiger charge is 2.24. The van der Waals surface area contributed by atoms with E-state index in [2.05, 4.69) is 48.3 Å². The van der Waals surface area contributed by atoms with Crippen molar-refractivity contribution in [2.75, 3.05) is 11.9 Å². The van der Waals surface area contributed by atoms with Gasteiger partial charge in [-0.3, -0.25) is 9.59 Å². The van der Waals surface area contributed by atoms with Crippen LogP contribution in [0.3, 0.4) is 0 Å². The Balaban J connectivity index is 1.89. The quantitative estimate of drug-likeness (QED) is 0.677. The van der Waals surface area contributed by atoms with Gasteiger partial charge < -0.3 is 10.6 Å². The summed E-state index contributed by atoms with van der Waals surface area (Å²) in [6, 6.07) is 0. The third-order valence-corrected chi connectivity index (χ3v) is 6.78. The van der Waals surface area contributed by atoms with Crippen LogP contribution in [0.1, 0.15) is 73.4 Å². The van der Waals surface area contributed by atoms with Crippen LogP contribution in [0, 0.1) is 5.92 Å². The summed E-state index contributed by atoms with van der Waals surface area (Å²) in [5.41, 5.74) is -0.150. The Kier molecular flexibility index (Phi) is 7.11. The zero-order chi connectivity index (χ0) is 20.2. The lowest BCUT2D eigenvalue weighted by Gasteiger charge is -2.22. The molecule has 0 atom stereocenters. The van der Waals surface area contributed by atoms with E-state index in [9.17, 15) is 9.59 Å². The normalized spacial score (nSPS) is 11.9. The van der Waals surface area contributed by atoms with Gasteiger partial charge in [-0.15, -0.1) is 22.7 Å². The number of amides is 2. The first-order valence-electron chi connectivity index (χ1n) is 9.11. The molecule has 2 aromatic heterocycles. The molecule has 0 spiro atoms. The van der Waals surface area contributed by atoms with E-state index in [0.717, 1.165) is 16.3 Å². The highest BCUT2D eigenvalue weighted by atomic mass is 32.1. The SMILES string of the molecule is CC(C)C(=O)Nc1ncc(C(C)(C)CCNC(=O)c2cnc(C(C)C)s2)s1. The lowest BCUT2D eigenvalue weighted by molar-refractivity contribution is -0.118. The molecule has 0 unspecified atom stereocenters. The van der Waals surface area contributed by atoms with Gasteiger partial charge in [-0.05, 0) is 6.42 Å². The predicted molar refractivity (Wildman–Crippen MR) is 112 cm³/mol. The summed E-state index contributed by atoms with van der Waals surface area (Å²) >= 11 is 2.93. The van der Waals surface area contributed by atoms with Gasteiger partial charge in [0.15, 0.2) is 5.13 Å². The number of carbonyl (C=O) groups excluding carboxylic acids is 2. The number of hydrogen-bond donors (Lipinski definition) is 2. The molecule has 148 valence electrons. The second-order valence-corrected chi connectivity index (χ2v) is 9.87. The molecule has 8 heteroatoms. The van der Waals surface area contributed by atoms with Crippen molar-refractivity contribution < 1.29 is 9.59 Å². The van der Waals surface area contributed by atoms with Crippen molar-refractivity contribution in [3.8, 4) is 0 Å². The van der Waals surface area contributed by atoms with Crippen LogP contribution in [0.15, 0.2) is 12.4 Å². The van der Waals surface area contributed by atoms with Crippen molar-refractivity contribution >= 4 is 39.6 Å². The second kappa shape index (κ2) is 8.93. The van der Waals surface area contributed by atoms with Gasteiger partial charge in [0.2, 0.25) is 5.91 Å². The smallest absolute Gasteiger partial charge is 0.263 e. The average Bonchev–Trinajstić information content (AvgIpc) is 3.24. The number of thiazole rings is 2. The minimum absolute atomic E-state index is 0.0358. The highest BCUT2D eigenvalue weighted by molar-refractivity contribution is 7.15. The summed E-state index contributed by atoms with van der Waals surface area (Å²) in [6.07, 6.45) is 4.22. The van der Waals surface area contributed by atoms with Crippen LogP contribution in [0.4, 0.5) is 5.13 Å². The Morgan fingerprint density at radius 1 is 1.11 bits per heavy atom. The molecule has 2 N–H and O–H groups in total. The molecule has 0 aliphatic carbocycles. The van der Waals surface area contributed by atoms with Gasteiger partial charge in [0.05, 0.1) is 11.2 Å². The fourth-order valence-corrected chi connectivity index (χ4v) is 4.04. The molecular weight excluding hydrogens is 380 g/mol. The predicted octanol–water partition coefficient (Wildman–Crippen LogP) is 4.42. The maximum absolute atomic E-state index is 12.3. The standard InChI is InChI=1S/C19H28N4O2S2/c1-11(2)15(24)23-18-22-10-14(27-18)19(5,6)7-8-20-16(25)13-9-21-17(26-13)12(3)4/h9-12H,7-8H2,1-6H3,(H,20,25)(H,22,23,24). The molecule has 0 aromatic carbocycles. The number of hydrogen-bond acceptors (Lipinski definition) is 6. The van der Waals surface area contributed by atoms with Gasteiger partial charge in [-0.1, -0.05) is 41.5 Å². The largest absolute Gasteiger partial charge is 0.351 e. The molecule has 0 fully saturated rings. The van der Waals surface area contributed by atoms with E-state index >= 15 is 0 Å². The fraction of sp³-hybridized carbons (Fsp3) is 0.579. The summed E-state index contributed by atoms with van der Waals surface area (Å²) < 4.78 is 0. The van der Waals surface area contributed by atoms with Crippen LogP contribution < -0.4 is 10.6 Å². The number of nitrogens with zero attached hydrogens (tertiary/aromatic N) is 2. The first-order chi connectivity index (χ1) is 12.6. The topological polar surface area (TPSA) is 84.0 Å². The zero-order valence-electron chi connectivity index (χ0n) is 16.8. The van der Waals surface area contributed by atoms with Crippen LogP contribution >= 0.6 is 22.7 Å². The van der Waals surface area contributed by atoms with Crippen molar-refractivity contribution in [2.45, 2.75) is 59.3 Å².